The van der Waals surface area contributed by atoms with Crippen LogP contribution >= 0.6 is 0 Å². The molecule has 0 saturated heterocycles. The van der Waals surface area contributed by atoms with E-state index in [1.165, 1.54) is 5.06 Å². The molecule has 4 heteroatoms. The van der Waals surface area contributed by atoms with Gasteiger partial charge < -0.3 is 5.11 Å². The van der Waals surface area contributed by atoms with Crippen LogP contribution in [-0.2, 0) is 22.8 Å². The minimum absolute atomic E-state index is 0.00490. The Morgan fingerprint density at radius 2 is 2.00 bits per heavy atom. The Morgan fingerprint density at radius 1 is 1.35 bits per heavy atom. The van der Waals surface area contributed by atoms with Crippen LogP contribution in [0.4, 0.5) is 0 Å². The van der Waals surface area contributed by atoms with Gasteiger partial charge in [0, 0.05) is 0 Å². The van der Waals surface area contributed by atoms with E-state index >= 15 is 0 Å². The van der Waals surface area contributed by atoms with E-state index in [1.807, 2.05) is 45.0 Å². The molecule has 0 aromatic heterocycles. The van der Waals surface area contributed by atoms with Crippen LogP contribution in [0.15, 0.2) is 24.3 Å². The fraction of sp³-hybridized carbons (Fsp3) is 0.462. The lowest BCUT2D eigenvalue weighted by atomic mass is 10.1. The summed E-state index contributed by atoms with van der Waals surface area (Å²) in [5.74, 6) is 0. The number of aliphatic hydroxyl groups excluding tert-OH is 1. The zero-order chi connectivity index (χ0) is 12.9. The summed E-state index contributed by atoms with van der Waals surface area (Å²) in [4.78, 5) is 16.4. The number of aliphatic hydroxyl groups is 1. The van der Waals surface area contributed by atoms with Gasteiger partial charge in [0.15, 0.2) is 0 Å². The van der Waals surface area contributed by atoms with E-state index in [1.54, 1.807) is 0 Å². The summed E-state index contributed by atoms with van der Waals surface area (Å²) in [5.41, 5.74) is 1.34. The standard InChI is InChI=1S/C13H19NO3/c1-13(2,3)17-14(10-16)8-11-5-4-6-12(7-11)9-15/h4-7,10,15H,8-9H2,1-3H3. The van der Waals surface area contributed by atoms with Gasteiger partial charge in [-0.25, -0.2) is 5.06 Å². The zero-order valence-corrected chi connectivity index (χ0v) is 10.5. The smallest absolute Gasteiger partial charge is 0.233 e. The minimum atomic E-state index is -0.407. The molecule has 0 fully saturated rings. The molecule has 1 N–H and O–H groups in total. The number of hydrogen-bond acceptors (Lipinski definition) is 3. The number of hydroxylamine groups is 2. The van der Waals surface area contributed by atoms with Gasteiger partial charge in [0.2, 0.25) is 6.41 Å². The summed E-state index contributed by atoms with van der Waals surface area (Å²) in [6, 6.07) is 7.42. The molecular formula is C13H19NO3. The maximum atomic E-state index is 10.9. The van der Waals surface area contributed by atoms with Gasteiger partial charge in [-0.2, -0.15) is 0 Å². The quantitative estimate of drug-likeness (QED) is 0.628. The van der Waals surface area contributed by atoms with Crippen molar-refractivity contribution in [3.05, 3.63) is 35.4 Å². The van der Waals surface area contributed by atoms with Crippen molar-refractivity contribution in [3.8, 4) is 0 Å². The number of amides is 1. The van der Waals surface area contributed by atoms with Crippen molar-refractivity contribution in [3.63, 3.8) is 0 Å². The number of carbonyl (C=O) groups excluding carboxylic acids is 1. The van der Waals surface area contributed by atoms with Crippen molar-refractivity contribution in [2.75, 3.05) is 0 Å². The van der Waals surface area contributed by atoms with Gasteiger partial charge in [-0.3, -0.25) is 9.63 Å². The lowest BCUT2D eigenvalue weighted by Gasteiger charge is -2.26. The van der Waals surface area contributed by atoms with E-state index in [0.717, 1.165) is 11.1 Å². The van der Waals surface area contributed by atoms with E-state index in [-0.39, 0.29) is 6.61 Å². The second-order valence-electron chi connectivity index (χ2n) is 4.86. The molecule has 0 aliphatic heterocycles. The zero-order valence-electron chi connectivity index (χ0n) is 10.5. The van der Waals surface area contributed by atoms with Gasteiger partial charge in [-0.15, -0.1) is 0 Å². The molecule has 94 valence electrons. The molecule has 0 heterocycles. The third-order valence-electron chi connectivity index (χ3n) is 2.02. The number of nitrogens with zero attached hydrogens (tertiary/aromatic N) is 1. The molecule has 0 unspecified atom stereocenters. The van der Waals surface area contributed by atoms with Crippen molar-refractivity contribution in [2.24, 2.45) is 0 Å². The van der Waals surface area contributed by atoms with Gasteiger partial charge in [0.05, 0.1) is 18.8 Å². The van der Waals surface area contributed by atoms with E-state index in [2.05, 4.69) is 0 Å². The summed E-state index contributed by atoms with van der Waals surface area (Å²) in [5, 5.41) is 10.3. The lowest BCUT2D eigenvalue weighted by Crippen LogP contribution is -2.32. The summed E-state index contributed by atoms with van der Waals surface area (Å²) in [6.07, 6.45) is 0.664. The van der Waals surface area contributed by atoms with E-state index in [9.17, 15) is 4.79 Å². The molecule has 1 rings (SSSR count). The Kier molecular flexibility index (Phi) is 4.66. The first-order valence-electron chi connectivity index (χ1n) is 5.54. The van der Waals surface area contributed by atoms with Crippen molar-refractivity contribution in [2.45, 2.75) is 39.5 Å². The molecular weight excluding hydrogens is 218 g/mol. The third-order valence-corrected chi connectivity index (χ3v) is 2.02. The van der Waals surface area contributed by atoms with Crippen molar-refractivity contribution in [1.29, 1.82) is 0 Å². The highest BCUT2D eigenvalue weighted by Gasteiger charge is 2.16. The minimum Gasteiger partial charge on any atom is -0.392 e. The molecule has 0 saturated carbocycles. The van der Waals surface area contributed by atoms with Crippen LogP contribution in [0.2, 0.25) is 0 Å². The second-order valence-corrected chi connectivity index (χ2v) is 4.86. The fourth-order valence-corrected chi connectivity index (χ4v) is 1.45. The van der Waals surface area contributed by atoms with E-state index in [0.29, 0.717) is 13.0 Å². The summed E-state index contributed by atoms with van der Waals surface area (Å²) >= 11 is 0. The van der Waals surface area contributed by atoms with Crippen LogP contribution in [-0.4, -0.2) is 22.2 Å². The average molecular weight is 237 g/mol. The molecule has 0 aliphatic rings. The molecule has 1 aromatic rings. The Balaban J connectivity index is 2.70. The third kappa shape index (κ3) is 4.97. The first-order chi connectivity index (χ1) is 7.94. The molecule has 4 nitrogen and oxygen atoms in total. The first kappa shape index (κ1) is 13.7. The SMILES string of the molecule is CC(C)(C)ON(C=O)Cc1cccc(CO)c1. The Labute approximate surface area is 102 Å². The van der Waals surface area contributed by atoms with Crippen molar-refractivity contribution in [1.82, 2.24) is 5.06 Å². The van der Waals surface area contributed by atoms with E-state index < -0.39 is 5.60 Å². The predicted molar refractivity (Wildman–Crippen MR) is 64.8 cm³/mol. The maximum absolute atomic E-state index is 10.9. The van der Waals surface area contributed by atoms with Crippen LogP contribution < -0.4 is 0 Å². The molecule has 0 radical (unpaired) electrons. The van der Waals surface area contributed by atoms with E-state index in [4.69, 9.17) is 9.94 Å². The Morgan fingerprint density at radius 3 is 2.53 bits per heavy atom. The van der Waals surface area contributed by atoms with Crippen LogP contribution in [0.1, 0.15) is 31.9 Å². The average Bonchev–Trinajstić information content (AvgIpc) is 2.26. The summed E-state index contributed by atoms with van der Waals surface area (Å²) in [7, 11) is 0. The normalized spacial score (nSPS) is 11.3. The van der Waals surface area contributed by atoms with Gasteiger partial charge in [-0.05, 0) is 31.9 Å². The van der Waals surface area contributed by atoms with Crippen LogP contribution in [0.3, 0.4) is 0 Å². The summed E-state index contributed by atoms with van der Waals surface area (Å²) < 4.78 is 0. The number of benzene rings is 1. The second kappa shape index (κ2) is 5.80. The first-order valence-corrected chi connectivity index (χ1v) is 5.54. The van der Waals surface area contributed by atoms with Gasteiger partial charge >= 0.3 is 0 Å². The molecule has 0 bridgehead atoms. The molecule has 0 spiro atoms. The number of hydrogen-bond donors (Lipinski definition) is 1. The van der Waals surface area contributed by atoms with Crippen molar-refractivity contribution < 1.29 is 14.7 Å². The highest BCUT2D eigenvalue weighted by molar-refractivity contribution is 5.45. The molecule has 0 aliphatic carbocycles. The largest absolute Gasteiger partial charge is 0.392 e. The molecule has 0 atom stereocenters. The van der Waals surface area contributed by atoms with Crippen LogP contribution in [0, 0.1) is 0 Å². The topological polar surface area (TPSA) is 49.8 Å². The molecule has 17 heavy (non-hydrogen) atoms. The fourth-order valence-electron chi connectivity index (χ4n) is 1.45. The van der Waals surface area contributed by atoms with Crippen LogP contribution in [0.5, 0.6) is 0 Å². The Hall–Kier alpha value is -1.39. The highest BCUT2D eigenvalue weighted by atomic mass is 16.7. The molecule has 1 aromatic carbocycles. The van der Waals surface area contributed by atoms with Crippen molar-refractivity contribution >= 4 is 6.41 Å². The van der Waals surface area contributed by atoms with Crippen LogP contribution in [0.25, 0.3) is 0 Å². The molecule has 1 amide bonds. The predicted octanol–water partition coefficient (Wildman–Crippen LogP) is 1.87. The van der Waals surface area contributed by atoms with Gasteiger partial charge in [0.25, 0.3) is 0 Å². The highest BCUT2D eigenvalue weighted by Crippen LogP contribution is 2.13. The van der Waals surface area contributed by atoms with Gasteiger partial charge in [0.1, 0.15) is 0 Å². The Bertz CT molecular complexity index is 371. The number of rotatable bonds is 5. The lowest BCUT2D eigenvalue weighted by molar-refractivity contribution is -0.220. The summed E-state index contributed by atoms with van der Waals surface area (Å²) in [6.45, 7) is 6.01. The van der Waals surface area contributed by atoms with Gasteiger partial charge in [-0.1, -0.05) is 24.3 Å². The number of carbonyl (C=O) groups is 1. The maximum Gasteiger partial charge on any atom is 0.233 e. The monoisotopic (exact) mass is 237 g/mol.